The SMILES string of the molecule is CN(CB1OCCO1)Cc1ccc(Cl)cc1N. The van der Waals surface area contributed by atoms with E-state index < -0.39 is 0 Å². The average molecular weight is 255 g/mol. The molecular formula is C11H16BClN2O2. The molecule has 0 aromatic heterocycles. The van der Waals surface area contributed by atoms with Gasteiger partial charge in [0.05, 0.1) is 13.2 Å². The van der Waals surface area contributed by atoms with Gasteiger partial charge in [-0.2, -0.15) is 0 Å². The van der Waals surface area contributed by atoms with Crippen LogP contribution in [0.1, 0.15) is 5.56 Å². The molecule has 4 nitrogen and oxygen atoms in total. The topological polar surface area (TPSA) is 47.7 Å². The highest BCUT2D eigenvalue weighted by molar-refractivity contribution is 6.45. The van der Waals surface area contributed by atoms with Gasteiger partial charge in [0.25, 0.3) is 0 Å². The van der Waals surface area contributed by atoms with Crippen molar-refractivity contribution in [3.05, 3.63) is 28.8 Å². The van der Waals surface area contributed by atoms with Crippen LogP contribution in [0.15, 0.2) is 18.2 Å². The van der Waals surface area contributed by atoms with E-state index in [0.717, 1.165) is 24.2 Å². The Balaban J connectivity index is 1.90. The standard InChI is InChI=1S/C11H16BClN2O2/c1-15(8-12-16-4-5-17-12)7-9-2-3-10(13)6-11(9)14/h2-3,6H,4-5,7-8,14H2,1H3. The van der Waals surface area contributed by atoms with Crippen molar-refractivity contribution >= 4 is 24.4 Å². The van der Waals surface area contributed by atoms with Crippen molar-refractivity contribution < 1.29 is 9.31 Å². The molecule has 0 atom stereocenters. The molecule has 0 unspecified atom stereocenters. The van der Waals surface area contributed by atoms with E-state index in [0.29, 0.717) is 18.2 Å². The molecule has 17 heavy (non-hydrogen) atoms. The van der Waals surface area contributed by atoms with Gasteiger partial charge in [0.15, 0.2) is 0 Å². The monoisotopic (exact) mass is 254 g/mol. The first kappa shape index (κ1) is 12.7. The van der Waals surface area contributed by atoms with Crippen LogP contribution in [0.2, 0.25) is 5.02 Å². The number of benzene rings is 1. The van der Waals surface area contributed by atoms with Crippen molar-refractivity contribution in [2.24, 2.45) is 0 Å². The fraction of sp³-hybridized carbons (Fsp3) is 0.455. The van der Waals surface area contributed by atoms with Gasteiger partial charge in [0.1, 0.15) is 0 Å². The van der Waals surface area contributed by atoms with E-state index in [9.17, 15) is 0 Å². The Morgan fingerprint density at radius 2 is 2.12 bits per heavy atom. The lowest BCUT2D eigenvalue weighted by Crippen LogP contribution is -2.33. The van der Waals surface area contributed by atoms with Gasteiger partial charge in [-0.05, 0) is 24.7 Å². The van der Waals surface area contributed by atoms with Crippen molar-refractivity contribution in [1.82, 2.24) is 4.90 Å². The van der Waals surface area contributed by atoms with Crippen LogP contribution in [-0.2, 0) is 15.9 Å². The van der Waals surface area contributed by atoms with Gasteiger partial charge in [-0.25, -0.2) is 0 Å². The summed E-state index contributed by atoms with van der Waals surface area (Å²) in [7, 11) is 1.90. The number of hydrogen-bond acceptors (Lipinski definition) is 4. The number of hydrogen-bond donors (Lipinski definition) is 1. The number of anilines is 1. The van der Waals surface area contributed by atoms with Crippen LogP contribution in [0.25, 0.3) is 0 Å². The Morgan fingerprint density at radius 1 is 1.41 bits per heavy atom. The summed E-state index contributed by atoms with van der Waals surface area (Å²) >= 11 is 5.86. The minimum atomic E-state index is -0.117. The van der Waals surface area contributed by atoms with E-state index in [4.69, 9.17) is 26.6 Å². The molecule has 0 spiro atoms. The van der Waals surface area contributed by atoms with E-state index in [1.54, 1.807) is 6.07 Å². The first-order valence-electron chi connectivity index (χ1n) is 5.61. The van der Waals surface area contributed by atoms with E-state index in [1.165, 1.54) is 0 Å². The second-order valence-corrected chi connectivity index (χ2v) is 4.65. The van der Waals surface area contributed by atoms with E-state index in [-0.39, 0.29) is 7.12 Å². The molecule has 2 rings (SSSR count). The first-order valence-corrected chi connectivity index (χ1v) is 5.98. The van der Waals surface area contributed by atoms with Gasteiger partial charge >= 0.3 is 7.12 Å². The fourth-order valence-electron chi connectivity index (χ4n) is 1.83. The third kappa shape index (κ3) is 3.61. The van der Waals surface area contributed by atoms with E-state index >= 15 is 0 Å². The Labute approximate surface area is 107 Å². The molecule has 1 aromatic rings. The van der Waals surface area contributed by atoms with Gasteiger partial charge < -0.3 is 19.9 Å². The molecule has 0 radical (unpaired) electrons. The summed E-state index contributed by atoms with van der Waals surface area (Å²) in [5.41, 5.74) is 7.69. The molecular weight excluding hydrogens is 238 g/mol. The summed E-state index contributed by atoms with van der Waals surface area (Å²) in [6.45, 7) is 2.12. The molecule has 0 aliphatic carbocycles. The Bertz CT molecular complexity index is 386. The normalized spacial score (nSPS) is 15.8. The number of nitrogens with two attached hydrogens (primary N) is 1. The summed E-state index contributed by atoms with van der Waals surface area (Å²) in [5.74, 6) is 0. The predicted molar refractivity (Wildman–Crippen MR) is 69.9 cm³/mol. The highest BCUT2D eigenvalue weighted by Gasteiger charge is 2.25. The second-order valence-electron chi connectivity index (χ2n) is 4.21. The maximum absolute atomic E-state index is 5.90. The third-order valence-electron chi connectivity index (χ3n) is 2.70. The quantitative estimate of drug-likeness (QED) is 0.652. The maximum atomic E-state index is 5.90. The van der Waals surface area contributed by atoms with E-state index in [2.05, 4.69) is 4.90 Å². The Hall–Kier alpha value is -0.745. The predicted octanol–water partition coefficient (Wildman–Crippen LogP) is 1.43. The molecule has 1 fully saturated rings. The zero-order valence-corrected chi connectivity index (χ0v) is 10.6. The van der Waals surface area contributed by atoms with Gasteiger partial charge in [0.2, 0.25) is 0 Å². The molecule has 0 saturated carbocycles. The van der Waals surface area contributed by atoms with Gasteiger partial charge in [-0.15, -0.1) is 0 Å². The van der Waals surface area contributed by atoms with Crippen LogP contribution in [0, 0.1) is 0 Å². The van der Waals surface area contributed by atoms with Gasteiger partial charge in [-0.3, -0.25) is 0 Å². The number of nitrogens with zero attached hydrogens (tertiary/aromatic N) is 1. The molecule has 1 saturated heterocycles. The zero-order chi connectivity index (χ0) is 12.3. The zero-order valence-electron chi connectivity index (χ0n) is 9.86. The lowest BCUT2D eigenvalue weighted by atomic mass is 9.90. The third-order valence-corrected chi connectivity index (χ3v) is 2.93. The summed E-state index contributed by atoms with van der Waals surface area (Å²) < 4.78 is 10.8. The highest BCUT2D eigenvalue weighted by Crippen LogP contribution is 2.19. The summed E-state index contributed by atoms with van der Waals surface area (Å²) in [5, 5.41) is 0.663. The number of rotatable bonds is 4. The molecule has 1 aliphatic rings. The van der Waals surface area contributed by atoms with Crippen LogP contribution in [0.4, 0.5) is 5.69 Å². The van der Waals surface area contributed by atoms with Crippen molar-refractivity contribution in [2.75, 3.05) is 32.4 Å². The largest absolute Gasteiger partial charge is 0.472 e. The molecule has 1 heterocycles. The fourth-order valence-corrected chi connectivity index (χ4v) is 2.01. The van der Waals surface area contributed by atoms with Crippen molar-refractivity contribution in [3.63, 3.8) is 0 Å². The summed E-state index contributed by atoms with van der Waals surface area (Å²) in [6.07, 6.45) is 0.738. The molecule has 0 bridgehead atoms. The molecule has 92 valence electrons. The van der Waals surface area contributed by atoms with Crippen molar-refractivity contribution in [2.45, 2.75) is 6.54 Å². The van der Waals surface area contributed by atoms with Gasteiger partial charge in [-0.1, -0.05) is 17.7 Å². The lowest BCUT2D eigenvalue weighted by molar-refractivity contribution is 0.304. The molecule has 2 N–H and O–H groups in total. The number of nitrogen functional groups attached to an aromatic ring is 1. The Kier molecular flexibility index (Phi) is 4.28. The molecule has 1 aliphatic heterocycles. The van der Waals surface area contributed by atoms with Crippen molar-refractivity contribution in [3.8, 4) is 0 Å². The average Bonchev–Trinajstić information content (AvgIpc) is 2.75. The summed E-state index contributed by atoms with van der Waals surface area (Å²) in [6, 6.07) is 5.57. The van der Waals surface area contributed by atoms with Crippen LogP contribution in [0.5, 0.6) is 0 Å². The van der Waals surface area contributed by atoms with Crippen LogP contribution < -0.4 is 5.73 Å². The highest BCUT2D eigenvalue weighted by atomic mass is 35.5. The summed E-state index contributed by atoms with van der Waals surface area (Å²) in [4.78, 5) is 2.12. The van der Waals surface area contributed by atoms with E-state index in [1.807, 2.05) is 19.2 Å². The van der Waals surface area contributed by atoms with Gasteiger partial charge in [0, 0.05) is 23.7 Å². The first-order chi connectivity index (χ1) is 8.15. The van der Waals surface area contributed by atoms with Crippen molar-refractivity contribution in [1.29, 1.82) is 0 Å². The Morgan fingerprint density at radius 3 is 2.76 bits per heavy atom. The maximum Gasteiger partial charge on any atom is 0.472 e. The number of halogens is 1. The minimum absolute atomic E-state index is 0.117. The van der Waals surface area contributed by atoms with Crippen LogP contribution in [-0.4, -0.2) is 38.7 Å². The second kappa shape index (κ2) is 5.73. The minimum Gasteiger partial charge on any atom is -0.408 e. The molecule has 6 heteroatoms. The molecule has 1 aromatic carbocycles. The lowest BCUT2D eigenvalue weighted by Gasteiger charge is -2.18. The van der Waals surface area contributed by atoms with Crippen LogP contribution in [0.3, 0.4) is 0 Å². The van der Waals surface area contributed by atoms with Crippen LogP contribution >= 0.6 is 11.6 Å². The smallest absolute Gasteiger partial charge is 0.408 e. The molecule has 0 amide bonds.